The maximum Gasteiger partial charge on any atom is 0.328 e. The van der Waals surface area contributed by atoms with Crippen LogP contribution in [0.4, 0.5) is 5.69 Å². The third-order valence-corrected chi connectivity index (χ3v) is 4.36. The second-order valence-electron chi connectivity index (χ2n) is 4.96. The minimum Gasteiger partial charge on any atom is -0.464 e. The first-order chi connectivity index (χ1) is 9.20. The fourth-order valence-corrected chi connectivity index (χ4v) is 3.41. The van der Waals surface area contributed by atoms with Gasteiger partial charge in [0.05, 0.1) is 6.61 Å². The standard InChI is InChI=1S/C15H16BrNO2/c1-2-19-15(18)14-11-5-3-4-10(11)12-8-9(16)6-7-13(12)17-14/h3-4,6-8,10-11,14,17H,2,5H2,1H3/t10-,11-,14+/m0/s1. The Morgan fingerprint density at radius 3 is 3.16 bits per heavy atom. The van der Waals surface area contributed by atoms with Crippen LogP contribution in [0.5, 0.6) is 0 Å². The molecule has 3 nitrogen and oxygen atoms in total. The number of carbonyl (C=O) groups is 1. The fourth-order valence-electron chi connectivity index (χ4n) is 3.03. The van der Waals surface area contributed by atoms with E-state index >= 15 is 0 Å². The molecule has 0 fully saturated rings. The lowest BCUT2D eigenvalue weighted by atomic mass is 9.79. The molecule has 1 aliphatic heterocycles. The Balaban J connectivity index is 1.97. The molecular weight excluding hydrogens is 306 g/mol. The number of esters is 1. The molecule has 0 saturated carbocycles. The number of allylic oxidation sites excluding steroid dienone is 2. The Labute approximate surface area is 121 Å². The fraction of sp³-hybridized carbons (Fsp3) is 0.400. The van der Waals surface area contributed by atoms with Crippen molar-refractivity contribution < 1.29 is 9.53 Å². The van der Waals surface area contributed by atoms with Gasteiger partial charge in [0.2, 0.25) is 0 Å². The zero-order valence-corrected chi connectivity index (χ0v) is 12.3. The highest BCUT2D eigenvalue weighted by Crippen LogP contribution is 2.45. The second kappa shape index (κ2) is 5.00. The van der Waals surface area contributed by atoms with E-state index in [1.165, 1.54) is 5.56 Å². The smallest absolute Gasteiger partial charge is 0.328 e. The number of fused-ring (bicyclic) bond motifs is 3. The minimum absolute atomic E-state index is 0.144. The number of nitrogens with one attached hydrogen (secondary N) is 1. The Morgan fingerprint density at radius 1 is 1.53 bits per heavy atom. The molecule has 1 heterocycles. The monoisotopic (exact) mass is 321 g/mol. The molecule has 2 aliphatic rings. The van der Waals surface area contributed by atoms with Crippen LogP contribution in [0.1, 0.15) is 24.8 Å². The SMILES string of the molecule is CCOC(=O)[C@@H]1Nc2ccc(Br)cc2[C@H]2C=CC[C@@H]21. The van der Waals surface area contributed by atoms with E-state index in [1.807, 2.05) is 19.1 Å². The Kier molecular flexibility index (Phi) is 3.35. The van der Waals surface area contributed by atoms with Crippen LogP contribution < -0.4 is 5.32 Å². The molecule has 0 bridgehead atoms. The van der Waals surface area contributed by atoms with Crippen molar-refractivity contribution >= 4 is 27.6 Å². The molecule has 0 amide bonds. The Hall–Kier alpha value is -1.29. The first-order valence-corrected chi connectivity index (χ1v) is 7.39. The predicted octanol–water partition coefficient (Wildman–Crippen LogP) is 3.47. The number of halogens is 1. The molecule has 0 spiro atoms. The Morgan fingerprint density at radius 2 is 2.37 bits per heavy atom. The van der Waals surface area contributed by atoms with Crippen molar-refractivity contribution in [3.63, 3.8) is 0 Å². The lowest BCUT2D eigenvalue weighted by molar-refractivity contribution is -0.145. The van der Waals surface area contributed by atoms with Crippen molar-refractivity contribution in [2.24, 2.45) is 5.92 Å². The van der Waals surface area contributed by atoms with Gasteiger partial charge in [0.25, 0.3) is 0 Å². The number of ether oxygens (including phenoxy) is 1. The number of carbonyl (C=O) groups excluding carboxylic acids is 1. The van der Waals surface area contributed by atoms with Gasteiger partial charge in [0.1, 0.15) is 6.04 Å². The van der Waals surface area contributed by atoms with Gasteiger partial charge in [-0.15, -0.1) is 0 Å². The topological polar surface area (TPSA) is 38.3 Å². The predicted molar refractivity (Wildman–Crippen MR) is 78.2 cm³/mol. The van der Waals surface area contributed by atoms with Crippen molar-refractivity contribution in [2.75, 3.05) is 11.9 Å². The van der Waals surface area contributed by atoms with E-state index in [2.05, 4.69) is 39.5 Å². The highest BCUT2D eigenvalue weighted by Gasteiger charge is 2.41. The van der Waals surface area contributed by atoms with Crippen LogP contribution in [0.15, 0.2) is 34.8 Å². The summed E-state index contributed by atoms with van der Waals surface area (Å²) in [5, 5.41) is 3.34. The first-order valence-electron chi connectivity index (χ1n) is 6.60. The molecule has 4 heteroatoms. The largest absolute Gasteiger partial charge is 0.464 e. The van der Waals surface area contributed by atoms with Gasteiger partial charge in [-0.3, -0.25) is 0 Å². The van der Waals surface area contributed by atoms with Gasteiger partial charge >= 0.3 is 5.97 Å². The lowest BCUT2D eigenvalue weighted by Crippen LogP contribution is -2.42. The van der Waals surface area contributed by atoms with Crippen molar-refractivity contribution in [1.29, 1.82) is 0 Å². The second-order valence-corrected chi connectivity index (χ2v) is 5.87. The van der Waals surface area contributed by atoms with Crippen LogP contribution >= 0.6 is 15.9 Å². The molecule has 1 aromatic rings. The molecule has 0 saturated heterocycles. The van der Waals surface area contributed by atoms with Gasteiger partial charge in [-0.2, -0.15) is 0 Å². The van der Waals surface area contributed by atoms with E-state index in [1.54, 1.807) is 0 Å². The molecule has 1 aliphatic carbocycles. The molecule has 3 atom stereocenters. The summed E-state index contributed by atoms with van der Waals surface area (Å²) in [5.74, 6) is 0.429. The van der Waals surface area contributed by atoms with Crippen LogP contribution in [0.2, 0.25) is 0 Å². The zero-order chi connectivity index (χ0) is 13.4. The van der Waals surface area contributed by atoms with E-state index < -0.39 is 0 Å². The zero-order valence-electron chi connectivity index (χ0n) is 10.7. The Bertz CT molecular complexity index is 541. The summed E-state index contributed by atoms with van der Waals surface area (Å²) in [7, 11) is 0. The molecule has 100 valence electrons. The summed E-state index contributed by atoms with van der Waals surface area (Å²) in [6.45, 7) is 2.27. The molecule has 19 heavy (non-hydrogen) atoms. The maximum absolute atomic E-state index is 12.1. The van der Waals surface area contributed by atoms with Crippen LogP contribution in [0.25, 0.3) is 0 Å². The van der Waals surface area contributed by atoms with Gasteiger partial charge in [0.15, 0.2) is 0 Å². The highest BCUT2D eigenvalue weighted by molar-refractivity contribution is 9.10. The lowest BCUT2D eigenvalue weighted by Gasteiger charge is -2.35. The average molecular weight is 322 g/mol. The van der Waals surface area contributed by atoms with E-state index in [0.29, 0.717) is 12.5 Å². The van der Waals surface area contributed by atoms with Gasteiger partial charge in [-0.1, -0.05) is 28.1 Å². The summed E-state index contributed by atoms with van der Waals surface area (Å²) < 4.78 is 6.26. The molecule has 3 rings (SSSR count). The molecule has 0 aromatic heterocycles. The normalized spacial score (nSPS) is 27.4. The van der Waals surface area contributed by atoms with Crippen molar-refractivity contribution in [3.8, 4) is 0 Å². The molecule has 1 aromatic carbocycles. The quantitative estimate of drug-likeness (QED) is 0.669. The molecule has 0 unspecified atom stereocenters. The van der Waals surface area contributed by atoms with Crippen molar-refractivity contribution in [2.45, 2.75) is 25.3 Å². The summed E-state index contributed by atoms with van der Waals surface area (Å²) in [5.41, 5.74) is 2.29. The van der Waals surface area contributed by atoms with Crippen molar-refractivity contribution in [1.82, 2.24) is 0 Å². The molecule has 0 radical (unpaired) electrons. The van der Waals surface area contributed by atoms with E-state index in [0.717, 1.165) is 16.6 Å². The van der Waals surface area contributed by atoms with Crippen LogP contribution in [0, 0.1) is 5.92 Å². The highest BCUT2D eigenvalue weighted by atomic mass is 79.9. The summed E-state index contributed by atoms with van der Waals surface area (Å²) in [6, 6.07) is 5.91. The van der Waals surface area contributed by atoms with Gasteiger partial charge in [-0.25, -0.2) is 4.79 Å². The first kappa shape index (κ1) is 12.7. The maximum atomic E-state index is 12.1. The van der Waals surface area contributed by atoms with Crippen LogP contribution in [-0.4, -0.2) is 18.6 Å². The van der Waals surface area contributed by atoms with Crippen molar-refractivity contribution in [3.05, 3.63) is 40.4 Å². The van der Waals surface area contributed by atoms with E-state index in [9.17, 15) is 4.79 Å². The van der Waals surface area contributed by atoms with Gasteiger partial charge in [-0.05, 0) is 37.1 Å². The average Bonchev–Trinajstić information content (AvgIpc) is 2.87. The summed E-state index contributed by atoms with van der Waals surface area (Å²) in [6.07, 6.45) is 5.30. The van der Waals surface area contributed by atoms with Gasteiger partial charge < -0.3 is 10.1 Å². The van der Waals surface area contributed by atoms with Gasteiger partial charge in [0, 0.05) is 22.0 Å². The third-order valence-electron chi connectivity index (χ3n) is 3.87. The van der Waals surface area contributed by atoms with Crippen LogP contribution in [0.3, 0.4) is 0 Å². The van der Waals surface area contributed by atoms with E-state index in [4.69, 9.17) is 4.74 Å². The minimum atomic E-state index is -0.242. The van der Waals surface area contributed by atoms with Crippen LogP contribution in [-0.2, 0) is 9.53 Å². The summed E-state index contributed by atoms with van der Waals surface area (Å²) >= 11 is 3.51. The summed E-state index contributed by atoms with van der Waals surface area (Å²) in [4.78, 5) is 12.1. The number of benzene rings is 1. The third kappa shape index (κ3) is 2.18. The van der Waals surface area contributed by atoms with E-state index in [-0.39, 0.29) is 17.9 Å². The number of anilines is 1. The molecular formula is C15H16BrNO2. The number of hydrogen-bond acceptors (Lipinski definition) is 3. The number of hydrogen-bond donors (Lipinski definition) is 1. The number of rotatable bonds is 2. The molecule has 1 N–H and O–H groups in total.